The number of halogens is 1. The third kappa shape index (κ3) is 2.21. The van der Waals surface area contributed by atoms with E-state index in [1.54, 1.807) is 0 Å². The first-order valence-electron chi connectivity index (χ1n) is 5.89. The number of hydrogen-bond acceptors (Lipinski definition) is 3. The van der Waals surface area contributed by atoms with Crippen molar-refractivity contribution in [3.8, 4) is 0 Å². The molecule has 1 aliphatic carbocycles. The molecule has 0 unspecified atom stereocenters. The van der Waals surface area contributed by atoms with Crippen LogP contribution in [0.3, 0.4) is 0 Å². The minimum atomic E-state index is -1.21. The van der Waals surface area contributed by atoms with Crippen LogP contribution in [0, 0.1) is 5.92 Å². The maximum absolute atomic E-state index is 12.0. The van der Waals surface area contributed by atoms with Gasteiger partial charge in [-0.2, -0.15) is 0 Å². The summed E-state index contributed by atoms with van der Waals surface area (Å²) >= 11 is 0. The van der Waals surface area contributed by atoms with Gasteiger partial charge in [-0.05, 0) is 25.2 Å². The molecule has 3 atom stereocenters. The third-order valence-electron chi connectivity index (χ3n) is 3.76. The molecular formula is C11H16FNO4. The van der Waals surface area contributed by atoms with Crippen molar-refractivity contribution in [1.29, 1.82) is 0 Å². The molecule has 0 aromatic carbocycles. The van der Waals surface area contributed by atoms with Gasteiger partial charge in [0.1, 0.15) is 6.04 Å². The minimum absolute atomic E-state index is 0.0936. The number of carboxylic acid groups (broad SMARTS) is 1. The second-order valence-electron chi connectivity index (χ2n) is 4.63. The number of carbonyl (C=O) groups excluding carboxylic acids is 1. The van der Waals surface area contributed by atoms with Gasteiger partial charge in [0.25, 0.3) is 0 Å². The normalized spacial score (nSPS) is 32.1. The number of fused-ring (bicyclic) bond motifs is 1. The highest BCUT2D eigenvalue weighted by Gasteiger charge is 2.48. The summed E-state index contributed by atoms with van der Waals surface area (Å²) in [4.78, 5) is 24.0. The van der Waals surface area contributed by atoms with Crippen molar-refractivity contribution >= 4 is 12.1 Å². The summed E-state index contributed by atoms with van der Waals surface area (Å²) in [7, 11) is 0. The highest BCUT2D eigenvalue weighted by atomic mass is 19.1. The van der Waals surface area contributed by atoms with Gasteiger partial charge in [-0.1, -0.05) is 12.8 Å². The third-order valence-corrected chi connectivity index (χ3v) is 3.76. The van der Waals surface area contributed by atoms with E-state index in [9.17, 15) is 14.0 Å². The van der Waals surface area contributed by atoms with E-state index in [4.69, 9.17) is 5.11 Å². The summed E-state index contributed by atoms with van der Waals surface area (Å²) in [5.74, 6) is -0.813. The average Bonchev–Trinajstić information content (AvgIpc) is 2.68. The molecule has 6 heteroatoms. The lowest BCUT2D eigenvalue weighted by molar-refractivity contribution is -0.142. The van der Waals surface area contributed by atoms with E-state index in [2.05, 4.69) is 4.74 Å². The van der Waals surface area contributed by atoms with Crippen molar-refractivity contribution in [2.75, 3.05) is 6.86 Å². The van der Waals surface area contributed by atoms with E-state index in [-0.39, 0.29) is 12.0 Å². The van der Waals surface area contributed by atoms with Gasteiger partial charge < -0.3 is 9.84 Å². The predicted octanol–water partition coefficient (Wildman–Crippen LogP) is 1.77. The fourth-order valence-electron chi connectivity index (χ4n) is 3.06. The van der Waals surface area contributed by atoms with Crippen molar-refractivity contribution in [1.82, 2.24) is 4.90 Å². The van der Waals surface area contributed by atoms with Gasteiger partial charge in [0.05, 0.1) is 0 Å². The summed E-state index contributed by atoms with van der Waals surface area (Å²) < 4.78 is 16.3. The number of aliphatic carboxylic acids is 1. The van der Waals surface area contributed by atoms with E-state index in [0.717, 1.165) is 25.7 Å². The van der Waals surface area contributed by atoms with Crippen molar-refractivity contribution in [3.05, 3.63) is 0 Å². The zero-order valence-electron chi connectivity index (χ0n) is 9.47. The largest absolute Gasteiger partial charge is 0.480 e. The number of ether oxygens (including phenoxy) is 1. The molecule has 1 N–H and O–H groups in total. The standard InChI is InChI=1S/C11H16FNO4/c12-6-17-11(16)13-8-4-2-1-3-7(8)5-9(13)10(14)15/h7-9H,1-6H2,(H,14,15)/t7-,8-,9-/m0/s1. The molecule has 2 rings (SSSR count). The number of nitrogens with zero attached hydrogens (tertiary/aromatic N) is 1. The Hall–Kier alpha value is -1.33. The first kappa shape index (κ1) is 12.1. The number of carboxylic acids is 1. The van der Waals surface area contributed by atoms with Crippen LogP contribution in [-0.4, -0.2) is 41.0 Å². The highest BCUT2D eigenvalue weighted by Crippen LogP contribution is 2.40. The average molecular weight is 245 g/mol. The Bertz CT molecular complexity index is 323. The predicted molar refractivity (Wildman–Crippen MR) is 56.1 cm³/mol. The zero-order valence-corrected chi connectivity index (χ0v) is 9.47. The molecule has 0 spiro atoms. The topological polar surface area (TPSA) is 66.8 Å². The van der Waals surface area contributed by atoms with Gasteiger partial charge in [-0.15, -0.1) is 0 Å². The highest BCUT2D eigenvalue weighted by molar-refractivity contribution is 5.81. The van der Waals surface area contributed by atoms with Crippen LogP contribution < -0.4 is 0 Å². The van der Waals surface area contributed by atoms with Gasteiger partial charge in [0.15, 0.2) is 0 Å². The monoisotopic (exact) mass is 245 g/mol. The summed E-state index contributed by atoms with van der Waals surface area (Å²) in [6.07, 6.45) is 3.40. The number of amides is 1. The Morgan fingerprint density at radius 1 is 1.35 bits per heavy atom. The van der Waals surface area contributed by atoms with Crippen LogP contribution in [0.15, 0.2) is 0 Å². The lowest BCUT2D eigenvalue weighted by Crippen LogP contribution is -2.46. The van der Waals surface area contributed by atoms with Gasteiger partial charge >= 0.3 is 12.1 Å². The van der Waals surface area contributed by atoms with Crippen LogP contribution in [0.1, 0.15) is 32.1 Å². The molecule has 1 saturated carbocycles. The van der Waals surface area contributed by atoms with Crippen molar-refractivity contribution in [2.24, 2.45) is 5.92 Å². The van der Waals surface area contributed by atoms with Crippen LogP contribution in [0.4, 0.5) is 9.18 Å². The second-order valence-corrected chi connectivity index (χ2v) is 4.63. The molecule has 17 heavy (non-hydrogen) atoms. The first-order chi connectivity index (χ1) is 8.15. The van der Waals surface area contributed by atoms with Crippen LogP contribution >= 0.6 is 0 Å². The molecule has 0 radical (unpaired) electrons. The molecule has 0 aromatic rings. The van der Waals surface area contributed by atoms with Gasteiger partial charge in [0, 0.05) is 6.04 Å². The molecule has 1 heterocycles. The molecule has 96 valence electrons. The molecule has 2 aliphatic rings. The molecule has 5 nitrogen and oxygen atoms in total. The van der Waals surface area contributed by atoms with E-state index in [0.29, 0.717) is 6.42 Å². The SMILES string of the molecule is O=C(O)[C@@H]1C[C@@H]2CCCC[C@@H]2N1C(=O)OCF. The molecular weight excluding hydrogens is 229 g/mol. The van der Waals surface area contributed by atoms with E-state index in [1.807, 2.05) is 0 Å². The molecule has 2 fully saturated rings. The lowest BCUT2D eigenvalue weighted by atomic mass is 9.85. The quantitative estimate of drug-likeness (QED) is 0.805. The van der Waals surface area contributed by atoms with Crippen LogP contribution in [-0.2, 0) is 9.53 Å². The molecule has 1 aliphatic heterocycles. The Balaban J connectivity index is 2.17. The Kier molecular flexibility index (Phi) is 3.49. The van der Waals surface area contributed by atoms with Crippen molar-refractivity contribution < 1.29 is 23.8 Å². The van der Waals surface area contributed by atoms with Crippen molar-refractivity contribution in [2.45, 2.75) is 44.2 Å². The molecule has 0 aromatic heterocycles. The smallest absolute Gasteiger partial charge is 0.413 e. The van der Waals surface area contributed by atoms with Gasteiger partial charge in [-0.25, -0.2) is 14.0 Å². The second kappa shape index (κ2) is 4.89. The maximum Gasteiger partial charge on any atom is 0.413 e. The number of likely N-dealkylation sites (tertiary alicyclic amines) is 1. The Morgan fingerprint density at radius 3 is 2.71 bits per heavy atom. The van der Waals surface area contributed by atoms with Crippen LogP contribution in [0.25, 0.3) is 0 Å². The fourth-order valence-corrected chi connectivity index (χ4v) is 3.06. The van der Waals surface area contributed by atoms with Crippen LogP contribution in [0.5, 0.6) is 0 Å². The summed E-state index contributed by atoms with van der Waals surface area (Å²) in [5, 5.41) is 9.10. The van der Waals surface area contributed by atoms with Gasteiger partial charge in [-0.3, -0.25) is 4.90 Å². The fraction of sp³-hybridized carbons (Fsp3) is 0.818. The first-order valence-corrected chi connectivity index (χ1v) is 5.89. The van der Waals surface area contributed by atoms with Crippen molar-refractivity contribution in [3.63, 3.8) is 0 Å². The Morgan fingerprint density at radius 2 is 2.06 bits per heavy atom. The summed E-state index contributed by atoms with van der Waals surface area (Å²) in [6.45, 7) is -1.21. The summed E-state index contributed by atoms with van der Waals surface area (Å²) in [6, 6.07) is -0.953. The molecule has 0 bridgehead atoms. The zero-order chi connectivity index (χ0) is 12.4. The van der Waals surface area contributed by atoms with E-state index in [1.165, 1.54) is 4.90 Å². The molecule has 1 saturated heterocycles. The number of hydrogen-bond donors (Lipinski definition) is 1. The summed E-state index contributed by atoms with van der Waals surface area (Å²) in [5.41, 5.74) is 0. The number of rotatable bonds is 2. The Labute approximate surface area is 98.5 Å². The number of alkyl halides is 1. The van der Waals surface area contributed by atoms with E-state index < -0.39 is 25.0 Å². The lowest BCUT2D eigenvalue weighted by Gasteiger charge is -2.31. The molecule has 1 amide bonds. The minimum Gasteiger partial charge on any atom is -0.480 e. The van der Waals surface area contributed by atoms with Gasteiger partial charge in [0.2, 0.25) is 6.86 Å². The maximum atomic E-state index is 12.0. The number of carbonyl (C=O) groups is 2. The van der Waals surface area contributed by atoms with Crippen LogP contribution in [0.2, 0.25) is 0 Å². The van der Waals surface area contributed by atoms with E-state index >= 15 is 0 Å².